The Hall–Kier alpha value is -3.07. The summed E-state index contributed by atoms with van der Waals surface area (Å²) in [7, 11) is -3.84. The highest BCUT2D eigenvalue weighted by atomic mass is 32.2. The number of carbonyl (C=O) groups excluding carboxylic acids is 1. The van der Waals surface area contributed by atoms with Crippen LogP contribution < -0.4 is 15.7 Å². The molecule has 0 saturated carbocycles. The molecular weight excluding hydrogens is 344 g/mol. The SMILES string of the molecule is CC1C(=O)Nc2ccc(NS(=O)(=O)c3ccc4[nH]c(=O)[nH]c4c3)cc21. The molecule has 1 aliphatic heterocycles. The highest BCUT2D eigenvalue weighted by Gasteiger charge is 2.27. The smallest absolute Gasteiger partial charge is 0.323 e. The number of nitrogens with one attached hydrogen (secondary N) is 4. The molecule has 128 valence electrons. The average molecular weight is 358 g/mol. The Labute approximate surface area is 142 Å². The van der Waals surface area contributed by atoms with Crippen LogP contribution in [0.1, 0.15) is 18.4 Å². The second kappa shape index (κ2) is 5.21. The number of amides is 1. The fourth-order valence-electron chi connectivity index (χ4n) is 2.87. The molecule has 1 unspecified atom stereocenters. The maximum absolute atomic E-state index is 12.6. The van der Waals surface area contributed by atoms with Gasteiger partial charge in [-0.15, -0.1) is 0 Å². The van der Waals surface area contributed by atoms with Crippen LogP contribution in [-0.2, 0) is 14.8 Å². The predicted molar refractivity (Wildman–Crippen MR) is 93.2 cm³/mol. The fraction of sp³-hybridized carbons (Fsp3) is 0.125. The van der Waals surface area contributed by atoms with Gasteiger partial charge in [-0.25, -0.2) is 13.2 Å². The van der Waals surface area contributed by atoms with Gasteiger partial charge in [-0.05, 0) is 48.9 Å². The molecule has 3 aromatic rings. The van der Waals surface area contributed by atoms with Crippen LogP contribution in [0.15, 0.2) is 46.1 Å². The van der Waals surface area contributed by atoms with Crippen LogP contribution in [0.25, 0.3) is 11.0 Å². The third-order valence-electron chi connectivity index (χ3n) is 4.22. The summed E-state index contributed by atoms with van der Waals surface area (Å²) in [6, 6.07) is 9.22. The van der Waals surface area contributed by atoms with Gasteiger partial charge in [-0.3, -0.25) is 9.52 Å². The van der Waals surface area contributed by atoms with Crippen LogP contribution in [0.5, 0.6) is 0 Å². The molecular formula is C16H14N4O4S. The lowest BCUT2D eigenvalue weighted by molar-refractivity contribution is -0.116. The summed E-state index contributed by atoms with van der Waals surface area (Å²) in [6.07, 6.45) is 0. The molecule has 2 aromatic carbocycles. The van der Waals surface area contributed by atoms with Gasteiger partial charge in [0, 0.05) is 11.4 Å². The molecule has 2 heterocycles. The van der Waals surface area contributed by atoms with Gasteiger partial charge in [0.05, 0.1) is 21.8 Å². The van der Waals surface area contributed by atoms with Gasteiger partial charge < -0.3 is 15.3 Å². The second-order valence-electron chi connectivity index (χ2n) is 5.90. The number of aromatic nitrogens is 2. The predicted octanol–water partition coefficient (Wildman–Crippen LogP) is 1.71. The van der Waals surface area contributed by atoms with Crippen LogP contribution in [-0.4, -0.2) is 24.3 Å². The van der Waals surface area contributed by atoms with Crippen LogP contribution in [0.2, 0.25) is 0 Å². The lowest BCUT2D eigenvalue weighted by atomic mass is 10.0. The Kier molecular flexibility index (Phi) is 3.22. The van der Waals surface area contributed by atoms with Crippen LogP contribution in [0.4, 0.5) is 11.4 Å². The minimum atomic E-state index is -3.84. The number of hydrogen-bond donors (Lipinski definition) is 4. The summed E-state index contributed by atoms with van der Waals surface area (Å²) in [6.45, 7) is 1.76. The first-order valence-corrected chi connectivity index (χ1v) is 9.01. The molecule has 1 aliphatic rings. The molecule has 1 atom stereocenters. The van der Waals surface area contributed by atoms with Gasteiger partial charge >= 0.3 is 5.69 Å². The highest BCUT2D eigenvalue weighted by Crippen LogP contribution is 2.34. The number of carbonyl (C=O) groups is 1. The van der Waals surface area contributed by atoms with Gasteiger partial charge in [0.15, 0.2) is 0 Å². The summed E-state index contributed by atoms with van der Waals surface area (Å²) < 4.78 is 27.7. The van der Waals surface area contributed by atoms with Crippen molar-refractivity contribution in [2.45, 2.75) is 17.7 Å². The van der Waals surface area contributed by atoms with Crippen LogP contribution >= 0.6 is 0 Å². The summed E-state index contributed by atoms with van der Waals surface area (Å²) in [5.74, 6) is -0.447. The molecule has 1 aromatic heterocycles. The van der Waals surface area contributed by atoms with E-state index in [1.165, 1.54) is 18.2 Å². The number of aromatic amines is 2. The van der Waals surface area contributed by atoms with E-state index in [0.29, 0.717) is 22.4 Å². The molecule has 1 amide bonds. The number of anilines is 2. The number of imidazole rings is 1. The molecule has 9 heteroatoms. The molecule has 4 rings (SSSR count). The van der Waals surface area contributed by atoms with Crippen molar-refractivity contribution in [1.29, 1.82) is 0 Å². The molecule has 0 spiro atoms. The van der Waals surface area contributed by atoms with Crippen molar-refractivity contribution in [3.63, 3.8) is 0 Å². The van der Waals surface area contributed by atoms with Crippen molar-refractivity contribution in [2.75, 3.05) is 10.0 Å². The monoisotopic (exact) mass is 358 g/mol. The zero-order chi connectivity index (χ0) is 17.8. The van der Waals surface area contributed by atoms with E-state index in [1.54, 1.807) is 25.1 Å². The largest absolute Gasteiger partial charge is 0.325 e. The summed E-state index contributed by atoms with van der Waals surface area (Å²) in [5, 5.41) is 2.74. The van der Waals surface area contributed by atoms with E-state index in [9.17, 15) is 18.0 Å². The second-order valence-corrected chi connectivity index (χ2v) is 7.59. The standard InChI is InChI=1S/C16H14N4O4S/c1-8-11-6-9(2-4-12(11)17-15(8)21)20-25(23,24)10-3-5-13-14(7-10)19-16(22)18-13/h2-8,20H,1H3,(H,17,21)(H2,18,19,22). The van der Waals surface area contributed by atoms with Gasteiger partial charge in [-0.1, -0.05) is 0 Å². The van der Waals surface area contributed by atoms with Gasteiger partial charge in [0.2, 0.25) is 5.91 Å². The zero-order valence-electron chi connectivity index (χ0n) is 13.1. The van der Waals surface area contributed by atoms with Crippen LogP contribution in [0, 0.1) is 0 Å². The maximum atomic E-state index is 12.6. The van der Waals surface area contributed by atoms with E-state index in [4.69, 9.17) is 0 Å². The number of benzene rings is 2. The zero-order valence-corrected chi connectivity index (χ0v) is 13.9. The van der Waals surface area contributed by atoms with E-state index in [0.717, 1.165) is 5.56 Å². The molecule has 0 aliphatic carbocycles. The number of fused-ring (bicyclic) bond motifs is 2. The minimum absolute atomic E-state index is 0.0259. The first kappa shape index (κ1) is 15.5. The van der Waals surface area contributed by atoms with E-state index in [1.807, 2.05) is 0 Å². The number of hydrogen-bond acceptors (Lipinski definition) is 4. The third-order valence-corrected chi connectivity index (χ3v) is 5.60. The van der Waals surface area contributed by atoms with E-state index >= 15 is 0 Å². The lowest BCUT2D eigenvalue weighted by Gasteiger charge is -2.10. The van der Waals surface area contributed by atoms with Gasteiger partial charge in [0.25, 0.3) is 10.0 Å². The van der Waals surface area contributed by atoms with Gasteiger partial charge in [-0.2, -0.15) is 0 Å². The highest BCUT2D eigenvalue weighted by molar-refractivity contribution is 7.92. The first-order chi connectivity index (χ1) is 11.8. The molecule has 0 radical (unpaired) electrons. The van der Waals surface area contributed by atoms with E-state index in [2.05, 4.69) is 20.0 Å². The molecule has 0 fully saturated rings. The van der Waals surface area contributed by atoms with Crippen LogP contribution in [0.3, 0.4) is 0 Å². The normalized spacial score (nSPS) is 16.7. The third kappa shape index (κ3) is 2.58. The van der Waals surface area contributed by atoms with Crippen molar-refractivity contribution < 1.29 is 13.2 Å². The topological polar surface area (TPSA) is 124 Å². The summed E-state index contributed by atoms with van der Waals surface area (Å²) >= 11 is 0. The Morgan fingerprint density at radius 2 is 1.76 bits per heavy atom. The minimum Gasteiger partial charge on any atom is -0.325 e. The van der Waals surface area contributed by atoms with Crippen molar-refractivity contribution >= 4 is 38.3 Å². The molecule has 0 saturated heterocycles. The van der Waals surface area contributed by atoms with E-state index < -0.39 is 15.7 Å². The Bertz CT molecular complexity index is 1180. The quantitative estimate of drug-likeness (QED) is 0.569. The average Bonchev–Trinajstić information content (AvgIpc) is 3.06. The van der Waals surface area contributed by atoms with Crippen molar-refractivity contribution in [3.05, 3.63) is 52.4 Å². The Morgan fingerprint density at radius 3 is 2.56 bits per heavy atom. The Balaban J connectivity index is 1.69. The number of H-pyrrole nitrogens is 2. The fourth-order valence-corrected chi connectivity index (χ4v) is 3.95. The molecule has 8 nitrogen and oxygen atoms in total. The number of rotatable bonds is 3. The summed E-state index contributed by atoms with van der Waals surface area (Å²) in [4.78, 5) is 28.1. The van der Waals surface area contributed by atoms with E-state index in [-0.39, 0.29) is 16.7 Å². The molecule has 4 N–H and O–H groups in total. The first-order valence-electron chi connectivity index (χ1n) is 7.53. The van der Waals surface area contributed by atoms with Crippen molar-refractivity contribution in [3.8, 4) is 0 Å². The molecule has 0 bridgehead atoms. The Morgan fingerprint density at radius 1 is 1.00 bits per heavy atom. The molecule has 25 heavy (non-hydrogen) atoms. The lowest BCUT2D eigenvalue weighted by Crippen LogP contribution is -2.13. The van der Waals surface area contributed by atoms with Crippen molar-refractivity contribution in [1.82, 2.24) is 9.97 Å². The van der Waals surface area contributed by atoms with Gasteiger partial charge in [0.1, 0.15) is 0 Å². The van der Waals surface area contributed by atoms with Crippen molar-refractivity contribution in [2.24, 2.45) is 0 Å². The number of sulfonamides is 1. The summed E-state index contributed by atoms with van der Waals surface area (Å²) in [5.41, 5.74) is 2.33. The maximum Gasteiger partial charge on any atom is 0.323 e.